The van der Waals surface area contributed by atoms with E-state index < -0.39 is 0 Å². The zero-order chi connectivity index (χ0) is 11.7. The smallest absolute Gasteiger partial charge is 0.00162 e. The minimum absolute atomic E-state index is 0.455. The third-order valence-corrected chi connectivity index (χ3v) is 5.96. The molecule has 1 aliphatic carbocycles. The second-order valence-corrected chi connectivity index (χ2v) is 6.36. The Hall–Kier alpha value is 0.390. The zero-order valence-electron chi connectivity index (χ0n) is 11.1. The molecule has 90 valence electrons. The van der Waals surface area contributed by atoms with Crippen LogP contribution in [0.5, 0.6) is 0 Å². The van der Waals surface area contributed by atoms with Gasteiger partial charge in [-0.15, -0.1) is 9.24 Å². The van der Waals surface area contributed by atoms with Crippen molar-refractivity contribution in [2.45, 2.75) is 41.0 Å². The van der Waals surface area contributed by atoms with Gasteiger partial charge in [0.15, 0.2) is 0 Å². The lowest BCUT2D eigenvalue weighted by Crippen LogP contribution is -2.45. The highest BCUT2D eigenvalue weighted by molar-refractivity contribution is 7.16. The van der Waals surface area contributed by atoms with Crippen molar-refractivity contribution in [3.63, 3.8) is 0 Å². The number of hydrogen-bond donors (Lipinski definition) is 1. The SMILES string of the molecule is CCNCC1(CP)CC(C)C(C)C1(C)C. The Balaban J connectivity index is 2.88. The minimum atomic E-state index is 0.455. The Morgan fingerprint density at radius 2 is 1.93 bits per heavy atom. The summed E-state index contributed by atoms with van der Waals surface area (Å²) in [7, 11) is 2.98. The monoisotopic (exact) mass is 229 g/mol. The molecule has 4 atom stereocenters. The van der Waals surface area contributed by atoms with E-state index in [4.69, 9.17) is 0 Å². The van der Waals surface area contributed by atoms with Crippen LogP contribution in [0.2, 0.25) is 0 Å². The summed E-state index contributed by atoms with van der Waals surface area (Å²) in [5.74, 6) is 1.69. The van der Waals surface area contributed by atoms with Gasteiger partial charge >= 0.3 is 0 Å². The van der Waals surface area contributed by atoms with E-state index in [0.29, 0.717) is 10.8 Å². The van der Waals surface area contributed by atoms with E-state index in [2.05, 4.69) is 49.2 Å². The van der Waals surface area contributed by atoms with Gasteiger partial charge < -0.3 is 5.32 Å². The number of hydrogen-bond acceptors (Lipinski definition) is 1. The van der Waals surface area contributed by atoms with Gasteiger partial charge in [0, 0.05) is 6.54 Å². The summed E-state index contributed by atoms with van der Waals surface area (Å²) in [5.41, 5.74) is 0.933. The quantitative estimate of drug-likeness (QED) is 0.730. The first-order valence-corrected chi connectivity index (χ1v) is 7.13. The summed E-state index contributed by atoms with van der Waals surface area (Å²) >= 11 is 0. The largest absolute Gasteiger partial charge is 0.316 e. The highest BCUT2D eigenvalue weighted by Gasteiger charge is 2.54. The summed E-state index contributed by atoms with van der Waals surface area (Å²) in [6.45, 7) is 14.2. The average Bonchev–Trinajstić information content (AvgIpc) is 2.37. The van der Waals surface area contributed by atoms with Gasteiger partial charge in [-0.3, -0.25) is 0 Å². The van der Waals surface area contributed by atoms with Crippen molar-refractivity contribution >= 4 is 9.24 Å². The summed E-state index contributed by atoms with van der Waals surface area (Å²) in [6.07, 6.45) is 2.60. The van der Waals surface area contributed by atoms with Gasteiger partial charge in [0.2, 0.25) is 0 Å². The van der Waals surface area contributed by atoms with Gasteiger partial charge in [-0.25, -0.2) is 0 Å². The van der Waals surface area contributed by atoms with Gasteiger partial charge in [-0.05, 0) is 41.8 Å². The van der Waals surface area contributed by atoms with Crippen LogP contribution in [0.15, 0.2) is 0 Å². The fraction of sp³-hybridized carbons (Fsp3) is 1.00. The molecule has 1 saturated carbocycles. The summed E-state index contributed by atoms with van der Waals surface area (Å²) in [6, 6.07) is 0. The molecule has 1 rings (SSSR count). The normalized spacial score (nSPS) is 39.6. The van der Waals surface area contributed by atoms with Crippen LogP contribution in [0.1, 0.15) is 41.0 Å². The first-order valence-electron chi connectivity index (χ1n) is 6.32. The van der Waals surface area contributed by atoms with Crippen molar-refractivity contribution < 1.29 is 0 Å². The maximum absolute atomic E-state index is 3.57. The first-order chi connectivity index (χ1) is 6.91. The van der Waals surface area contributed by atoms with Crippen molar-refractivity contribution in [1.82, 2.24) is 5.32 Å². The van der Waals surface area contributed by atoms with E-state index in [1.807, 2.05) is 0 Å². The number of nitrogens with one attached hydrogen (secondary N) is 1. The van der Waals surface area contributed by atoms with E-state index in [0.717, 1.165) is 18.4 Å². The summed E-state index contributed by atoms with van der Waals surface area (Å²) in [4.78, 5) is 0. The lowest BCUT2D eigenvalue weighted by molar-refractivity contribution is 0.0978. The first kappa shape index (κ1) is 13.5. The molecule has 0 saturated heterocycles. The van der Waals surface area contributed by atoms with Gasteiger partial charge in [0.05, 0.1) is 0 Å². The van der Waals surface area contributed by atoms with E-state index >= 15 is 0 Å². The lowest BCUT2D eigenvalue weighted by atomic mass is 9.66. The molecule has 0 aromatic rings. The van der Waals surface area contributed by atoms with Crippen LogP contribution in [-0.2, 0) is 0 Å². The highest BCUT2D eigenvalue weighted by Crippen LogP contribution is 2.58. The molecule has 1 N–H and O–H groups in total. The Morgan fingerprint density at radius 3 is 2.27 bits per heavy atom. The van der Waals surface area contributed by atoms with Crippen LogP contribution in [0.4, 0.5) is 0 Å². The van der Waals surface area contributed by atoms with Crippen LogP contribution in [0.3, 0.4) is 0 Å². The molecule has 0 amide bonds. The van der Waals surface area contributed by atoms with Crippen molar-refractivity contribution in [3.05, 3.63) is 0 Å². The molecule has 0 spiro atoms. The maximum Gasteiger partial charge on any atom is 0.00162 e. The van der Waals surface area contributed by atoms with Crippen molar-refractivity contribution in [2.24, 2.45) is 22.7 Å². The molecule has 0 aromatic heterocycles. The zero-order valence-corrected chi connectivity index (χ0v) is 12.2. The Labute approximate surface area is 98.0 Å². The second kappa shape index (κ2) is 4.72. The van der Waals surface area contributed by atoms with Gasteiger partial charge in [0.25, 0.3) is 0 Å². The Kier molecular flexibility index (Phi) is 4.23. The summed E-state index contributed by atoms with van der Waals surface area (Å²) in [5, 5.41) is 3.57. The molecule has 1 fully saturated rings. The van der Waals surface area contributed by atoms with E-state index in [1.54, 1.807) is 0 Å². The molecule has 4 unspecified atom stereocenters. The van der Waals surface area contributed by atoms with E-state index in [9.17, 15) is 0 Å². The molecule has 1 nitrogen and oxygen atoms in total. The van der Waals surface area contributed by atoms with Crippen LogP contribution in [0, 0.1) is 22.7 Å². The van der Waals surface area contributed by atoms with Crippen LogP contribution in [0.25, 0.3) is 0 Å². The Morgan fingerprint density at radius 1 is 1.33 bits per heavy atom. The lowest BCUT2D eigenvalue weighted by Gasteiger charge is -2.43. The topological polar surface area (TPSA) is 12.0 Å². The second-order valence-electron chi connectivity index (χ2n) is 5.96. The molecule has 0 radical (unpaired) electrons. The predicted octanol–water partition coefficient (Wildman–Crippen LogP) is 3.16. The molecular weight excluding hydrogens is 201 g/mol. The fourth-order valence-electron chi connectivity index (χ4n) is 3.33. The van der Waals surface area contributed by atoms with E-state index in [1.165, 1.54) is 19.1 Å². The van der Waals surface area contributed by atoms with Crippen molar-refractivity contribution in [1.29, 1.82) is 0 Å². The molecule has 0 bridgehead atoms. The van der Waals surface area contributed by atoms with Crippen LogP contribution >= 0.6 is 9.24 Å². The average molecular weight is 229 g/mol. The highest BCUT2D eigenvalue weighted by atomic mass is 31.0. The van der Waals surface area contributed by atoms with Gasteiger partial charge in [-0.1, -0.05) is 34.6 Å². The Bertz CT molecular complexity index is 215. The molecular formula is C13H28NP. The molecule has 1 aliphatic rings. The third-order valence-electron chi connectivity index (χ3n) is 5.18. The van der Waals surface area contributed by atoms with Crippen LogP contribution < -0.4 is 5.32 Å². The van der Waals surface area contributed by atoms with Gasteiger partial charge in [0.1, 0.15) is 0 Å². The van der Waals surface area contributed by atoms with Gasteiger partial charge in [-0.2, -0.15) is 0 Å². The molecule has 2 heteroatoms. The fourth-order valence-corrected chi connectivity index (χ4v) is 4.17. The molecule has 0 aliphatic heterocycles. The maximum atomic E-state index is 3.57. The molecule has 0 aromatic carbocycles. The predicted molar refractivity (Wildman–Crippen MR) is 72.3 cm³/mol. The van der Waals surface area contributed by atoms with Crippen LogP contribution in [-0.4, -0.2) is 19.3 Å². The number of rotatable bonds is 4. The third kappa shape index (κ3) is 2.11. The van der Waals surface area contributed by atoms with Crippen molar-refractivity contribution in [3.8, 4) is 0 Å². The minimum Gasteiger partial charge on any atom is -0.316 e. The molecule has 0 heterocycles. The van der Waals surface area contributed by atoms with Crippen molar-refractivity contribution in [2.75, 3.05) is 19.3 Å². The summed E-state index contributed by atoms with van der Waals surface area (Å²) < 4.78 is 0. The molecule has 15 heavy (non-hydrogen) atoms. The standard InChI is InChI=1S/C13H28NP/c1-6-14-8-13(9-15)7-10(2)11(3)12(13,4)5/h10-11,14H,6-9,15H2,1-5H3. The van der Waals surface area contributed by atoms with E-state index in [-0.39, 0.29) is 0 Å².